The van der Waals surface area contributed by atoms with E-state index in [0.29, 0.717) is 25.1 Å². The van der Waals surface area contributed by atoms with E-state index in [0.717, 1.165) is 5.56 Å². The molecule has 43 heavy (non-hydrogen) atoms. The van der Waals surface area contributed by atoms with Crippen molar-refractivity contribution in [3.05, 3.63) is 101 Å². The number of para-hydroxylation sites is 1. The fraction of sp³-hybridized carbons (Fsp3) is 0.258. The van der Waals surface area contributed by atoms with E-state index < -0.39 is 11.8 Å². The average Bonchev–Trinajstić information content (AvgIpc) is 3.04. The molecule has 1 aliphatic heterocycles. The van der Waals surface area contributed by atoms with Crippen molar-refractivity contribution in [3.63, 3.8) is 0 Å². The second kappa shape index (κ2) is 14.1. The van der Waals surface area contributed by atoms with Crippen LogP contribution in [-0.2, 0) is 16.1 Å². The monoisotopic (exact) mass is 585 g/mol. The number of carbonyl (C=O) groups is 4. The summed E-state index contributed by atoms with van der Waals surface area (Å²) in [6.45, 7) is 1.44. The molecule has 0 aliphatic carbocycles. The number of amides is 3. The number of hydrazine groups is 1. The van der Waals surface area contributed by atoms with Crippen LogP contribution in [0.3, 0.4) is 0 Å². The molecule has 3 amide bonds. The van der Waals surface area contributed by atoms with Gasteiger partial charge in [0.15, 0.2) is 12.0 Å². The van der Waals surface area contributed by atoms with Crippen molar-refractivity contribution < 1.29 is 24.3 Å². The molecular weight excluding hydrogens is 550 g/mol. The molecule has 3 aromatic rings. The highest BCUT2D eigenvalue weighted by molar-refractivity contribution is 6.03. The largest absolute Gasteiger partial charge is 0.505 e. The van der Waals surface area contributed by atoms with E-state index >= 15 is 0 Å². The number of carbonyl (C=O) groups excluding carboxylic acids is 4. The van der Waals surface area contributed by atoms with Gasteiger partial charge in [-0.3, -0.25) is 29.2 Å². The van der Waals surface area contributed by atoms with Crippen LogP contribution in [-0.4, -0.2) is 101 Å². The maximum Gasteiger partial charge on any atom is 0.286 e. The number of aromatic hydroxyl groups is 1. The normalized spacial score (nSPS) is 13.7. The second-order valence-corrected chi connectivity index (χ2v) is 10.0. The van der Waals surface area contributed by atoms with E-state index in [4.69, 9.17) is 0 Å². The van der Waals surface area contributed by atoms with Gasteiger partial charge < -0.3 is 25.5 Å². The lowest BCUT2D eigenvalue weighted by molar-refractivity contribution is -0.137. The fourth-order valence-corrected chi connectivity index (χ4v) is 4.45. The van der Waals surface area contributed by atoms with Crippen LogP contribution >= 0.6 is 0 Å². The van der Waals surface area contributed by atoms with Crippen LogP contribution in [0.5, 0.6) is 5.75 Å². The SMILES string of the molecule is CN(C)N(C)C(=O)/C(Nc1cccc(C(=O)N2CCN(C(=O)c3ccccn3)CC2)c1O)=C(\C=O)NCc1ccccc1. The zero-order valence-corrected chi connectivity index (χ0v) is 24.4. The van der Waals surface area contributed by atoms with Crippen molar-refractivity contribution in [1.82, 2.24) is 30.1 Å². The molecule has 3 N–H and O–H groups in total. The number of nitrogens with zero attached hydrogens (tertiary/aromatic N) is 5. The van der Waals surface area contributed by atoms with Crippen LogP contribution in [0.15, 0.2) is 84.3 Å². The summed E-state index contributed by atoms with van der Waals surface area (Å²) in [7, 11) is 4.89. The van der Waals surface area contributed by atoms with Crippen molar-refractivity contribution in [2.45, 2.75) is 6.54 Å². The van der Waals surface area contributed by atoms with Crippen LogP contribution in [0.2, 0.25) is 0 Å². The van der Waals surface area contributed by atoms with Gasteiger partial charge in [0.05, 0.1) is 11.3 Å². The molecule has 1 aliphatic rings. The molecule has 0 saturated carbocycles. The van der Waals surface area contributed by atoms with Gasteiger partial charge in [0.25, 0.3) is 17.7 Å². The van der Waals surface area contributed by atoms with Gasteiger partial charge in [0.1, 0.15) is 17.1 Å². The Balaban J connectivity index is 1.54. The minimum absolute atomic E-state index is 0.0205. The average molecular weight is 586 g/mol. The van der Waals surface area contributed by atoms with Crippen LogP contribution in [0.4, 0.5) is 5.69 Å². The molecule has 1 fully saturated rings. The maximum atomic E-state index is 13.4. The number of phenols is 1. The van der Waals surface area contributed by atoms with E-state index in [2.05, 4.69) is 15.6 Å². The number of allylic oxidation sites excluding steroid dienone is 1. The van der Waals surface area contributed by atoms with Crippen LogP contribution in [0.25, 0.3) is 0 Å². The number of likely N-dealkylation sites (N-methyl/N-ethyl adjacent to an activating group) is 1. The lowest BCUT2D eigenvalue weighted by Crippen LogP contribution is -2.50. The zero-order valence-electron chi connectivity index (χ0n) is 24.4. The number of nitrogens with one attached hydrogen (secondary N) is 2. The summed E-state index contributed by atoms with van der Waals surface area (Å²) in [5.74, 6) is -1.55. The number of rotatable bonds is 10. The van der Waals surface area contributed by atoms with Crippen LogP contribution in [0.1, 0.15) is 26.4 Å². The van der Waals surface area contributed by atoms with Gasteiger partial charge in [0.2, 0.25) is 0 Å². The lowest BCUT2D eigenvalue weighted by Gasteiger charge is -2.34. The molecule has 12 heteroatoms. The van der Waals surface area contributed by atoms with E-state index in [9.17, 15) is 24.3 Å². The van der Waals surface area contributed by atoms with E-state index in [1.54, 1.807) is 66.4 Å². The van der Waals surface area contributed by atoms with Crippen molar-refractivity contribution >= 4 is 29.7 Å². The Bertz CT molecular complexity index is 1490. The molecule has 12 nitrogen and oxygen atoms in total. The molecular formula is C31H35N7O5. The third kappa shape index (κ3) is 7.35. The minimum Gasteiger partial charge on any atom is -0.505 e. The first-order valence-corrected chi connectivity index (χ1v) is 13.7. The summed E-state index contributed by atoms with van der Waals surface area (Å²) < 4.78 is 0. The number of hydrogen-bond donors (Lipinski definition) is 3. The molecule has 1 saturated heterocycles. The predicted molar refractivity (Wildman–Crippen MR) is 161 cm³/mol. The number of piperazine rings is 1. The van der Waals surface area contributed by atoms with Crippen molar-refractivity contribution in [2.75, 3.05) is 52.6 Å². The fourth-order valence-electron chi connectivity index (χ4n) is 4.45. The minimum atomic E-state index is -0.544. The number of aromatic nitrogens is 1. The Morgan fingerprint density at radius 1 is 0.884 bits per heavy atom. The van der Waals surface area contributed by atoms with Gasteiger partial charge in [-0.15, -0.1) is 0 Å². The third-order valence-corrected chi connectivity index (χ3v) is 7.08. The van der Waals surface area contributed by atoms with E-state index in [1.807, 2.05) is 30.3 Å². The molecule has 2 heterocycles. The highest BCUT2D eigenvalue weighted by atomic mass is 16.3. The van der Waals surface area contributed by atoms with Crippen molar-refractivity contribution in [1.29, 1.82) is 0 Å². The van der Waals surface area contributed by atoms with Gasteiger partial charge >= 0.3 is 0 Å². The Hall–Kier alpha value is -5.23. The standard InChI is InChI=1S/C31H35N7O5/c1-35(2)36(3)31(43)27(26(21-39)33-20-22-10-5-4-6-11-22)34-24-14-9-12-23(28(24)40)29(41)37-16-18-38(19-17-37)30(42)25-13-7-8-15-32-25/h4-15,21,33-34,40H,16-20H2,1-3H3/b27-26-. The van der Waals surface area contributed by atoms with Gasteiger partial charge in [-0.25, -0.2) is 5.01 Å². The Kier molecular flexibility index (Phi) is 10.1. The maximum absolute atomic E-state index is 13.4. The lowest BCUT2D eigenvalue weighted by atomic mass is 10.1. The zero-order chi connectivity index (χ0) is 30.9. The number of anilines is 1. The summed E-state index contributed by atoms with van der Waals surface area (Å²) >= 11 is 0. The van der Waals surface area contributed by atoms with Crippen LogP contribution in [0, 0.1) is 0 Å². The Morgan fingerprint density at radius 3 is 2.14 bits per heavy atom. The van der Waals surface area contributed by atoms with Crippen LogP contribution < -0.4 is 10.6 Å². The predicted octanol–water partition coefficient (Wildman–Crippen LogP) is 1.93. The number of benzene rings is 2. The molecule has 0 bridgehead atoms. The molecule has 1 aromatic heterocycles. The van der Waals surface area contributed by atoms with Gasteiger partial charge in [0, 0.05) is 60.1 Å². The molecule has 2 aromatic carbocycles. The quantitative estimate of drug-likeness (QED) is 0.141. The summed E-state index contributed by atoms with van der Waals surface area (Å²) in [6, 6.07) is 19.1. The second-order valence-electron chi connectivity index (χ2n) is 10.0. The van der Waals surface area contributed by atoms with Gasteiger partial charge in [-0.2, -0.15) is 0 Å². The van der Waals surface area contributed by atoms with Gasteiger partial charge in [-0.05, 0) is 29.8 Å². The molecule has 0 spiro atoms. The first-order chi connectivity index (χ1) is 20.7. The number of pyridine rings is 1. The molecule has 4 rings (SSSR count). The summed E-state index contributed by atoms with van der Waals surface area (Å²) in [5, 5.41) is 19.9. The first-order valence-electron chi connectivity index (χ1n) is 13.7. The number of aldehydes is 1. The highest BCUT2D eigenvalue weighted by Gasteiger charge is 2.29. The third-order valence-electron chi connectivity index (χ3n) is 7.08. The van der Waals surface area contributed by atoms with Gasteiger partial charge in [-0.1, -0.05) is 42.5 Å². The van der Waals surface area contributed by atoms with E-state index in [1.165, 1.54) is 17.1 Å². The van der Waals surface area contributed by atoms with Crippen molar-refractivity contribution in [2.24, 2.45) is 0 Å². The summed E-state index contributed by atoms with van der Waals surface area (Å²) in [5.41, 5.74) is 1.20. The molecule has 0 atom stereocenters. The van der Waals surface area contributed by atoms with E-state index in [-0.39, 0.29) is 53.9 Å². The summed E-state index contributed by atoms with van der Waals surface area (Å²) in [4.78, 5) is 59.1. The molecule has 0 radical (unpaired) electrons. The Labute approximate surface area is 250 Å². The smallest absolute Gasteiger partial charge is 0.286 e. The number of phenolic OH excluding ortho intramolecular Hbond substituents is 1. The summed E-state index contributed by atoms with van der Waals surface area (Å²) in [6.07, 6.45) is 2.09. The molecule has 224 valence electrons. The van der Waals surface area contributed by atoms with Crippen molar-refractivity contribution in [3.8, 4) is 5.75 Å². The highest BCUT2D eigenvalue weighted by Crippen LogP contribution is 2.30. The first kappa shape index (κ1) is 30.7. The number of hydrogen-bond acceptors (Lipinski definition) is 9. The molecule has 0 unspecified atom stereocenters. The Morgan fingerprint density at radius 2 is 1.53 bits per heavy atom. The topological polar surface area (TPSA) is 138 Å².